The molecule has 0 atom stereocenters. The minimum atomic E-state index is -5.48. The van der Waals surface area contributed by atoms with Crippen molar-refractivity contribution < 1.29 is 38.9 Å². The van der Waals surface area contributed by atoms with Gasteiger partial charge in [-0.25, -0.2) is 0 Å². The third kappa shape index (κ3) is 7.29. The van der Waals surface area contributed by atoms with Gasteiger partial charge in [0.15, 0.2) is 0 Å². The minimum absolute atomic E-state index is 0. The average Bonchev–Trinajstić information content (AvgIpc) is 2.41. The molecule has 15 heteroatoms. The average molecular weight is 512 g/mol. The molecule has 0 saturated heterocycles. The van der Waals surface area contributed by atoms with E-state index in [1.165, 1.54) is 18.2 Å². The number of hydrogen-bond donors (Lipinski definition) is 3. The summed E-state index contributed by atoms with van der Waals surface area (Å²) in [6, 6.07) is 4.99. The van der Waals surface area contributed by atoms with Crippen LogP contribution in [0.3, 0.4) is 0 Å². The molecule has 2 aromatic rings. The Morgan fingerprint density at radius 2 is 1.04 bits per heavy atom. The maximum atomic E-state index is 11.7. The SMILES string of the molecule is C=Cc1c(S(=O)(=O)O)c(S(=O)(=O)O)c(S(=O)(=O)O)c2ccccc12.[K].[K].[K]. The van der Waals surface area contributed by atoms with Gasteiger partial charge in [0, 0.05) is 165 Å². The van der Waals surface area contributed by atoms with Crippen LogP contribution in [0.5, 0.6) is 0 Å². The van der Waals surface area contributed by atoms with Crippen molar-refractivity contribution in [2.24, 2.45) is 0 Å². The van der Waals surface area contributed by atoms with Crippen molar-refractivity contribution in [3.63, 3.8) is 0 Å². The van der Waals surface area contributed by atoms with Crippen LogP contribution in [0, 0.1) is 0 Å². The molecule has 2 rings (SSSR count). The maximum Gasteiger partial charge on any atom is 0.297 e. The van der Waals surface area contributed by atoms with Gasteiger partial charge < -0.3 is 0 Å². The van der Waals surface area contributed by atoms with Gasteiger partial charge in [-0.2, -0.15) is 25.3 Å². The first kappa shape index (κ1) is 32.3. The Morgan fingerprint density at radius 3 is 1.37 bits per heavy atom. The molecule has 133 valence electrons. The van der Waals surface area contributed by atoms with Crippen molar-refractivity contribution in [2.45, 2.75) is 14.7 Å². The molecule has 3 N–H and O–H groups in total. The molecule has 0 amide bonds. The van der Waals surface area contributed by atoms with E-state index in [4.69, 9.17) is 0 Å². The Kier molecular flexibility index (Phi) is 14.1. The van der Waals surface area contributed by atoms with Crippen molar-refractivity contribution in [2.75, 3.05) is 0 Å². The zero-order valence-corrected chi connectivity index (χ0v) is 26.4. The van der Waals surface area contributed by atoms with Crippen LogP contribution in [0.25, 0.3) is 16.8 Å². The molecule has 0 aliphatic carbocycles. The molecule has 0 aromatic heterocycles. The van der Waals surface area contributed by atoms with Crippen molar-refractivity contribution in [1.29, 1.82) is 0 Å². The second-order valence-electron chi connectivity index (χ2n) is 4.58. The molecule has 27 heavy (non-hydrogen) atoms. The van der Waals surface area contributed by atoms with Crippen molar-refractivity contribution in [3.8, 4) is 0 Å². The summed E-state index contributed by atoms with van der Waals surface area (Å²) in [7, 11) is -16.1. The number of benzene rings is 2. The Morgan fingerprint density at radius 1 is 0.667 bits per heavy atom. The normalized spacial score (nSPS) is 11.7. The predicted octanol–water partition coefficient (Wildman–Crippen LogP) is 0.0805. The summed E-state index contributed by atoms with van der Waals surface area (Å²) in [6.07, 6.45) is 0.869. The van der Waals surface area contributed by atoms with Gasteiger partial charge in [-0.1, -0.05) is 36.9 Å². The van der Waals surface area contributed by atoms with Crippen molar-refractivity contribution in [1.82, 2.24) is 0 Å². The fraction of sp³-hybridized carbons (Fsp3) is 0. The second kappa shape index (κ2) is 11.8. The van der Waals surface area contributed by atoms with Crippen LogP contribution >= 0.6 is 0 Å². The first-order chi connectivity index (χ1) is 10.8. The van der Waals surface area contributed by atoms with Crippen LogP contribution in [-0.4, -0.2) is 193 Å². The van der Waals surface area contributed by atoms with Gasteiger partial charge in [-0.3, -0.25) is 13.7 Å². The molecular weight excluding hydrogens is 502 g/mol. The van der Waals surface area contributed by atoms with Crippen LogP contribution in [0.2, 0.25) is 0 Å². The number of hydrogen-bond acceptors (Lipinski definition) is 6. The molecule has 2 aromatic carbocycles. The standard InChI is InChI=1S/C12H10O9S3.3K/c1-2-7-8-5-3-4-6-9(8)11(23(16,17)18)12(24(19,20)21)10(7)22(13,14)15;;;/h2-6H,1H2,(H,13,14,15)(H,16,17,18)(H,19,20,21);;;. The first-order valence-electron chi connectivity index (χ1n) is 5.93. The van der Waals surface area contributed by atoms with Crippen LogP contribution in [0.4, 0.5) is 0 Å². The number of rotatable bonds is 4. The van der Waals surface area contributed by atoms with Gasteiger partial charge in [0.25, 0.3) is 30.4 Å². The molecule has 0 saturated carbocycles. The fourth-order valence-corrected chi connectivity index (χ4v) is 5.95. The van der Waals surface area contributed by atoms with Crippen LogP contribution in [0.15, 0.2) is 45.5 Å². The summed E-state index contributed by atoms with van der Waals surface area (Å²) in [6.45, 7) is 3.31. The molecule has 0 fully saturated rings. The van der Waals surface area contributed by atoms with E-state index in [1.54, 1.807) is 0 Å². The largest absolute Gasteiger partial charge is 0.297 e. The van der Waals surface area contributed by atoms with Crippen molar-refractivity contribution in [3.05, 3.63) is 36.4 Å². The van der Waals surface area contributed by atoms with Gasteiger partial charge >= 0.3 is 0 Å². The minimum Gasteiger partial charge on any atom is -0.282 e. The Hall–Kier alpha value is 3.08. The van der Waals surface area contributed by atoms with Crippen molar-refractivity contribution >= 4 is 201 Å². The van der Waals surface area contributed by atoms with E-state index >= 15 is 0 Å². The molecule has 0 bridgehead atoms. The van der Waals surface area contributed by atoms with E-state index in [-0.39, 0.29) is 165 Å². The maximum absolute atomic E-state index is 11.7. The van der Waals surface area contributed by atoms with Crippen LogP contribution in [0.1, 0.15) is 5.56 Å². The van der Waals surface area contributed by atoms with E-state index in [2.05, 4.69) is 6.58 Å². The zero-order chi connectivity index (χ0) is 18.5. The molecular formula is C12H10K3O9S3. The summed E-state index contributed by atoms with van der Waals surface area (Å²) in [4.78, 5) is -4.41. The first-order valence-corrected chi connectivity index (χ1v) is 10.3. The molecule has 0 unspecified atom stereocenters. The monoisotopic (exact) mass is 511 g/mol. The van der Waals surface area contributed by atoms with E-state index in [0.29, 0.717) is 0 Å². The topological polar surface area (TPSA) is 163 Å². The third-order valence-electron chi connectivity index (χ3n) is 3.10. The van der Waals surface area contributed by atoms with Gasteiger partial charge in [-0.05, 0) is 5.39 Å². The summed E-state index contributed by atoms with van der Waals surface area (Å²) in [5.74, 6) is 0. The van der Waals surface area contributed by atoms with Crippen LogP contribution in [-0.2, 0) is 30.4 Å². The van der Waals surface area contributed by atoms with E-state index in [0.717, 1.165) is 12.1 Å². The van der Waals surface area contributed by atoms with Gasteiger partial charge in [-0.15, -0.1) is 0 Å². The van der Waals surface area contributed by atoms with Crippen LogP contribution < -0.4 is 0 Å². The molecule has 3 radical (unpaired) electrons. The van der Waals surface area contributed by atoms with E-state index in [9.17, 15) is 38.9 Å². The fourth-order valence-electron chi connectivity index (χ4n) is 2.34. The molecule has 9 nitrogen and oxygen atoms in total. The molecule has 0 aliphatic heterocycles. The number of fused-ring (bicyclic) bond motifs is 1. The smallest absolute Gasteiger partial charge is 0.282 e. The zero-order valence-electron chi connectivity index (χ0n) is 14.6. The Balaban J connectivity index is 0. The summed E-state index contributed by atoms with van der Waals surface area (Å²) in [5, 5.41) is -0.505. The van der Waals surface area contributed by atoms with Gasteiger partial charge in [0.05, 0.1) is 0 Å². The quantitative estimate of drug-likeness (QED) is 0.381. The predicted molar refractivity (Wildman–Crippen MR) is 101 cm³/mol. The summed E-state index contributed by atoms with van der Waals surface area (Å²) in [5.41, 5.74) is -0.451. The van der Waals surface area contributed by atoms with E-state index in [1.807, 2.05) is 0 Å². The van der Waals surface area contributed by atoms with Gasteiger partial charge in [0.2, 0.25) is 0 Å². The Bertz CT molecular complexity index is 1190. The molecule has 0 spiro atoms. The summed E-state index contributed by atoms with van der Waals surface area (Å²) >= 11 is 0. The Labute approximate surface area is 284 Å². The second-order valence-corrected chi connectivity index (χ2v) is 8.65. The summed E-state index contributed by atoms with van der Waals surface area (Å²) < 4.78 is 98.0. The molecule has 0 heterocycles. The molecule has 0 aliphatic rings. The third-order valence-corrected chi connectivity index (χ3v) is 6.16. The van der Waals surface area contributed by atoms with Gasteiger partial charge in [0.1, 0.15) is 14.7 Å². The van der Waals surface area contributed by atoms with E-state index < -0.39 is 50.6 Å².